The van der Waals surface area contributed by atoms with Crippen LogP contribution in [0.15, 0.2) is 65.2 Å². The Morgan fingerprint density at radius 2 is 1.57 bits per heavy atom. The van der Waals surface area contributed by atoms with E-state index in [9.17, 15) is 14.4 Å². The van der Waals surface area contributed by atoms with Crippen molar-refractivity contribution in [1.29, 1.82) is 0 Å². The first-order valence-electron chi connectivity index (χ1n) is 10.3. The van der Waals surface area contributed by atoms with Crippen LogP contribution in [0.4, 0.5) is 11.4 Å². The zero-order valence-corrected chi connectivity index (χ0v) is 17.6. The van der Waals surface area contributed by atoms with Crippen LogP contribution in [0.3, 0.4) is 0 Å². The van der Waals surface area contributed by atoms with Gasteiger partial charge in [-0.2, -0.15) is 0 Å². The molecule has 0 aromatic heterocycles. The number of allylic oxidation sites excluding steroid dienone is 2. The molecule has 30 heavy (non-hydrogen) atoms. The third-order valence-corrected chi connectivity index (χ3v) is 7.66. The summed E-state index contributed by atoms with van der Waals surface area (Å²) in [5.41, 5.74) is 1.57. The largest absolute Gasteiger partial charge is 0.322 e. The average Bonchev–Trinajstić information content (AvgIpc) is 3.53. The van der Waals surface area contributed by atoms with Crippen LogP contribution in [0.25, 0.3) is 0 Å². The Kier molecular flexibility index (Phi) is 3.84. The van der Waals surface area contributed by atoms with Crippen molar-refractivity contribution in [2.24, 2.45) is 35.5 Å². The van der Waals surface area contributed by atoms with Crippen LogP contribution < -0.4 is 10.2 Å². The van der Waals surface area contributed by atoms with Gasteiger partial charge in [0.2, 0.25) is 11.8 Å². The number of rotatable bonds is 3. The summed E-state index contributed by atoms with van der Waals surface area (Å²) < 4.78 is 0.927. The van der Waals surface area contributed by atoms with E-state index in [1.54, 1.807) is 36.4 Å². The van der Waals surface area contributed by atoms with E-state index in [0.717, 1.165) is 10.9 Å². The lowest BCUT2D eigenvalue weighted by Crippen LogP contribution is -2.40. The van der Waals surface area contributed by atoms with Crippen LogP contribution in [0.5, 0.6) is 0 Å². The fourth-order valence-corrected chi connectivity index (χ4v) is 6.00. The Bertz CT molecular complexity index is 1090. The number of hydrogen-bond acceptors (Lipinski definition) is 3. The number of anilines is 2. The van der Waals surface area contributed by atoms with E-state index in [1.807, 2.05) is 12.1 Å². The molecule has 1 heterocycles. The van der Waals surface area contributed by atoms with Gasteiger partial charge in [0.1, 0.15) is 0 Å². The topological polar surface area (TPSA) is 66.5 Å². The molecule has 1 aliphatic heterocycles. The highest BCUT2D eigenvalue weighted by atomic mass is 79.9. The lowest BCUT2D eigenvalue weighted by molar-refractivity contribution is -0.124. The number of imide groups is 1. The molecule has 5 nitrogen and oxygen atoms in total. The molecule has 5 aliphatic rings. The minimum Gasteiger partial charge on any atom is -0.322 e. The minimum atomic E-state index is -0.279. The molecular formula is C24H19BrN2O3. The molecule has 7 rings (SSSR count). The predicted octanol–water partition coefficient (Wildman–Crippen LogP) is 4.26. The number of halogens is 1. The van der Waals surface area contributed by atoms with Crippen LogP contribution in [0.1, 0.15) is 16.8 Å². The summed E-state index contributed by atoms with van der Waals surface area (Å²) in [7, 11) is 0. The van der Waals surface area contributed by atoms with Crippen molar-refractivity contribution < 1.29 is 14.4 Å². The number of carbonyl (C=O) groups is 3. The first kappa shape index (κ1) is 18.1. The second-order valence-electron chi connectivity index (χ2n) is 8.68. The van der Waals surface area contributed by atoms with Gasteiger partial charge in [-0.3, -0.25) is 14.4 Å². The molecule has 3 fully saturated rings. The summed E-state index contributed by atoms with van der Waals surface area (Å²) in [5.74, 6) is 0.541. The van der Waals surface area contributed by atoms with Crippen LogP contribution in [-0.2, 0) is 9.59 Å². The van der Waals surface area contributed by atoms with Gasteiger partial charge in [0.15, 0.2) is 0 Å². The van der Waals surface area contributed by atoms with E-state index in [2.05, 4.69) is 33.4 Å². The standard InChI is InChI=1S/C24H19BrN2O3/c25-13-4-6-14(7-5-13)26-22(28)12-2-1-3-15(10-12)27-23(29)20-16-8-9-17(19-11-18(16)19)21(20)24(27)30/h1-10,16-21H,11H2,(H,26,28)/t16-,17-,18-,19-,20+,21+/m1/s1. The second kappa shape index (κ2) is 6.38. The van der Waals surface area contributed by atoms with Crippen LogP contribution in [0.2, 0.25) is 0 Å². The predicted molar refractivity (Wildman–Crippen MR) is 116 cm³/mol. The highest BCUT2D eigenvalue weighted by molar-refractivity contribution is 9.10. The summed E-state index contributed by atoms with van der Waals surface area (Å²) in [4.78, 5) is 40.6. The van der Waals surface area contributed by atoms with Gasteiger partial charge in [-0.05, 0) is 72.6 Å². The van der Waals surface area contributed by atoms with Gasteiger partial charge in [-0.25, -0.2) is 4.90 Å². The van der Waals surface area contributed by atoms with E-state index in [0.29, 0.717) is 28.8 Å². The summed E-state index contributed by atoms with van der Waals surface area (Å²) >= 11 is 3.37. The molecule has 1 saturated heterocycles. The molecule has 1 N–H and O–H groups in total. The highest BCUT2D eigenvalue weighted by Crippen LogP contribution is 2.65. The van der Waals surface area contributed by atoms with Crippen molar-refractivity contribution >= 4 is 45.0 Å². The molecular weight excluding hydrogens is 444 g/mol. The Morgan fingerprint density at radius 3 is 2.20 bits per heavy atom. The molecule has 150 valence electrons. The Labute approximate surface area is 182 Å². The lowest BCUT2D eigenvalue weighted by Gasteiger charge is -2.37. The van der Waals surface area contributed by atoms with E-state index < -0.39 is 0 Å². The molecule has 2 bridgehead atoms. The van der Waals surface area contributed by atoms with Gasteiger partial charge in [0.25, 0.3) is 5.91 Å². The van der Waals surface area contributed by atoms with Crippen molar-refractivity contribution in [2.75, 3.05) is 10.2 Å². The number of hydrogen-bond donors (Lipinski definition) is 1. The quantitative estimate of drug-likeness (QED) is 0.547. The Morgan fingerprint density at radius 1 is 0.933 bits per heavy atom. The van der Waals surface area contributed by atoms with Gasteiger partial charge in [0, 0.05) is 15.7 Å². The van der Waals surface area contributed by atoms with Gasteiger partial charge >= 0.3 is 0 Å². The Balaban J connectivity index is 1.28. The Hall–Kier alpha value is -2.73. The maximum absolute atomic E-state index is 13.3. The van der Waals surface area contributed by atoms with Gasteiger partial charge in [0.05, 0.1) is 17.5 Å². The fraction of sp³-hybridized carbons (Fsp3) is 0.292. The molecule has 2 saturated carbocycles. The zero-order valence-electron chi connectivity index (χ0n) is 16.0. The second-order valence-corrected chi connectivity index (χ2v) is 9.59. The molecule has 4 aliphatic carbocycles. The number of nitrogens with one attached hydrogen (secondary N) is 1. The fourth-order valence-electron chi connectivity index (χ4n) is 5.73. The lowest BCUT2D eigenvalue weighted by atomic mass is 9.63. The molecule has 0 spiro atoms. The van der Waals surface area contributed by atoms with Crippen LogP contribution in [0, 0.1) is 35.5 Å². The zero-order chi connectivity index (χ0) is 20.6. The van der Waals surface area contributed by atoms with Crippen molar-refractivity contribution in [1.82, 2.24) is 0 Å². The molecule has 0 radical (unpaired) electrons. The molecule has 0 unspecified atom stereocenters. The number of nitrogens with zero attached hydrogens (tertiary/aromatic N) is 1. The average molecular weight is 463 g/mol. The maximum Gasteiger partial charge on any atom is 0.255 e. The van der Waals surface area contributed by atoms with Gasteiger partial charge < -0.3 is 5.32 Å². The molecule has 6 heteroatoms. The van der Waals surface area contributed by atoms with Crippen molar-refractivity contribution in [2.45, 2.75) is 6.42 Å². The molecule has 2 aromatic carbocycles. The monoisotopic (exact) mass is 462 g/mol. The first-order chi connectivity index (χ1) is 14.5. The smallest absolute Gasteiger partial charge is 0.255 e. The van der Waals surface area contributed by atoms with E-state index in [4.69, 9.17) is 0 Å². The van der Waals surface area contributed by atoms with Crippen LogP contribution >= 0.6 is 15.9 Å². The van der Waals surface area contributed by atoms with Crippen molar-refractivity contribution in [3.8, 4) is 0 Å². The summed E-state index contributed by atoms with van der Waals surface area (Å²) in [6.45, 7) is 0. The normalized spacial score (nSPS) is 32.8. The van der Waals surface area contributed by atoms with E-state index >= 15 is 0 Å². The molecule has 2 aromatic rings. The summed E-state index contributed by atoms with van der Waals surface area (Å²) in [6, 6.07) is 14.1. The summed E-state index contributed by atoms with van der Waals surface area (Å²) in [5, 5.41) is 2.85. The van der Waals surface area contributed by atoms with E-state index in [-0.39, 0.29) is 41.4 Å². The summed E-state index contributed by atoms with van der Waals surface area (Å²) in [6.07, 6.45) is 5.47. The minimum absolute atomic E-state index is 0.111. The van der Waals surface area contributed by atoms with Crippen molar-refractivity contribution in [3.05, 3.63) is 70.7 Å². The first-order valence-corrected chi connectivity index (χ1v) is 11.1. The number of carbonyl (C=O) groups excluding carboxylic acids is 3. The van der Waals surface area contributed by atoms with Crippen LogP contribution in [-0.4, -0.2) is 17.7 Å². The van der Waals surface area contributed by atoms with Crippen molar-refractivity contribution in [3.63, 3.8) is 0 Å². The van der Waals surface area contributed by atoms with E-state index in [1.165, 1.54) is 4.90 Å². The van der Waals surface area contributed by atoms with Gasteiger partial charge in [-0.1, -0.05) is 34.1 Å². The number of benzene rings is 2. The number of amides is 3. The highest BCUT2D eigenvalue weighted by Gasteiger charge is 2.67. The third kappa shape index (κ3) is 2.56. The SMILES string of the molecule is O=C(Nc1ccc(Br)cc1)c1cccc(N2C(=O)[C@H]3[C@@H]4C=C[C@H]([C@H]5C[C@H]45)[C@@H]3C2=O)c1. The molecule has 3 amide bonds. The molecule has 6 atom stereocenters. The third-order valence-electron chi connectivity index (χ3n) is 7.13. The van der Waals surface area contributed by atoms with Gasteiger partial charge in [-0.15, -0.1) is 0 Å². The maximum atomic E-state index is 13.3.